The van der Waals surface area contributed by atoms with E-state index in [0.29, 0.717) is 13.0 Å². The Balaban J connectivity index is 2.30. The third-order valence-electron chi connectivity index (χ3n) is 2.97. The Bertz CT molecular complexity index is 385. The number of carbonyl (C=O) groups excluding carboxylic acids is 1. The van der Waals surface area contributed by atoms with Crippen molar-refractivity contribution >= 4 is 11.6 Å². The highest BCUT2D eigenvalue weighted by atomic mass is 16.1. The summed E-state index contributed by atoms with van der Waals surface area (Å²) in [6, 6.07) is 0. The van der Waals surface area contributed by atoms with E-state index < -0.39 is 0 Å². The van der Waals surface area contributed by atoms with Gasteiger partial charge in [-0.05, 0) is 19.4 Å². The molecule has 0 aliphatic carbocycles. The number of Topliss-reactive ketones (excluding diaryl/α,β-unsaturated/α-hetero) is 1. The number of carbonyl (C=O) groups is 1. The summed E-state index contributed by atoms with van der Waals surface area (Å²) in [6.07, 6.45) is 4.16. The minimum atomic E-state index is 0.207. The average Bonchev–Trinajstić information content (AvgIpc) is 2.57. The maximum atomic E-state index is 11.8. The van der Waals surface area contributed by atoms with Crippen molar-refractivity contribution in [1.82, 2.24) is 9.78 Å². The summed E-state index contributed by atoms with van der Waals surface area (Å²) >= 11 is 0. The molecule has 2 N–H and O–H groups in total. The molecule has 0 amide bonds. The zero-order chi connectivity index (χ0) is 11.5. The predicted octanol–water partition coefficient (Wildman–Crippen LogP) is 0.552. The second kappa shape index (κ2) is 4.65. The highest BCUT2D eigenvalue weighted by Gasteiger charge is 2.23. The number of fused-ring (bicyclic) bond motifs is 1. The molecule has 1 aromatic rings. The largest absolute Gasteiger partial charge is 0.356 e. The van der Waals surface area contributed by atoms with E-state index in [2.05, 4.69) is 10.00 Å². The lowest BCUT2D eigenvalue weighted by Gasteiger charge is -2.23. The van der Waals surface area contributed by atoms with Gasteiger partial charge in [-0.15, -0.1) is 0 Å². The lowest BCUT2D eigenvalue weighted by atomic mass is 10.1. The first-order valence-corrected chi connectivity index (χ1v) is 5.74. The van der Waals surface area contributed by atoms with Gasteiger partial charge in [0, 0.05) is 26.6 Å². The van der Waals surface area contributed by atoms with E-state index in [9.17, 15) is 4.79 Å². The molecule has 2 heterocycles. The van der Waals surface area contributed by atoms with Crippen molar-refractivity contribution in [2.45, 2.75) is 19.3 Å². The Kier molecular flexibility index (Phi) is 3.24. The Morgan fingerprint density at radius 3 is 3.12 bits per heavy atom. The number of nitrogens with zero attached hydrogens (tertiary/aromatic N) is 3. The van der Waals surface area contributed by atoms with Crippen LogP contribution in [0.5, 0.6) is 0 Å². The number of hydrogen-bond acceptors (Lipinski definition) is 4. The molecule has 1 aromatic heterocycles. The summed E-state index contributed by atoms with van der Waals surface area (Å²) in [7, 11) is 1.88. The Labute approximate surface area is 95.2 Å². The summed E-state index contributed by atoms with van der Waals surface area (Å²) in [5, 5.41) is 4.17. The van der Waals surface area contributed by atoms with Crippen LogP contribution < -0.4 is 10.6 Å². The lowest BCUT2D eigenvalue weighted by molar-refractivity contribution is 0.0984. The first-order valence-electron chi connectivity index (χ1n) is 5.74. The summed E-state index contributed by atoms with van der Waals surface area (Å²) < 4.78 is 1.79. The quantitative estimate of drug-likeness (QED) is 0.811. The molecule has 1 aliphatic rings. The van der Waals surface area contributed by atoms with Crippen LogP contribution in [-0.4, -0.2) is 35.2 Å². The molecule has 0 unspecified atom stereocenters. The minimum absolute atomic E-state index is 0.207. The maximum absolute atomic E-state index is 11.8. The minimum Gasteiger partial charge on any atom is -0.356 e. The predicted molar refractivity (Wildman–Crippen MR) is 62.7 cm³/mol. The van der Waals surface area contributed by atoms with Gasteiger partial charge in [0.2, 0.25) is 0 Å². The summed E-state index contributed by atoms with van der Waals surface area (Å²) in [5.41, 5.74) is 6.29. The fourth-order valence-corrected chi connectivity index (χ4v) is 2.17. The van der Waals surface area contributed by atoms with Crippen molar-refractivity contribution in [2.24, 2.45) is 12.8 Å². The topological polar surface area (TPSA) is 64.2 Å². The molecule has 0 atom stereocenters. The second-order valence-corrected chi connectivity index (χ2v) is 4.16. The first kappa shape index (κ1) is 11.1. The molecule has 88 valence electrons. The number of nitrogens with two attached hydrogens (primary N) is 1. The van der Waals surface area contributed by atoms with Crippen LogP contribution in [0.25, 0.3) is 0 Å². The van der Waals surface area contributed by atoms with E-state index in [0.717, 1.165) is 37.3 Å². The number of rotatable bonds is 3. The van der Waals surface area contributed by atoms with Gasteiger partial charge in [0.15, 0.2) is 5.78 Å². The van der Waals surface area contributed by atoms with Gasteiger partial charge >= 0.3 is 0 Å². The molecular formula is C11H18N4O. The van der Waals surface area contributed by atoms with Crippen molar-refractivity contribution in [3.8, 4) is 0 Å². The van der Waals surface area contributed by atoms with E-state index in [-0.39, 0.29) is 5.78 Å². The molecular weight excluding hydrogens is 204 g/mol. The van der Waals surface area contributed by atoms with E-state index in [1.807, 2.05) is 7.05 Å². The molecule has 0 aromatic carbocycles. The normalized spacial score (nSPS) is 16.1. The molecule has 1 aliphatic heterocycles. The molecule has 0 bridgehead atoms. The molecule has 5 nitrogen and oxygen atoms in total. The number of hydrogen-bond donors (Lipinski definition) is 1. The third-order valence-corrected chi connectivity index (χ3v) is 2.97. The van der Waals surface area contributed by atoms with Crippen molar-refractivity contribution in [3.63, 3.8) is 0 Å². The smallest absolute Gasteiger partial charge is 0.168 e. The van der Waals surface area contributed by atoms with Gasteiger partial charge in [-0.3, -0.25) is 9.48 Å². The maximum Gasteiger partial charge on any atom is 0.168 e. The van der Waals surface area contributed by atoms with Crippen LogP contribution in [0.3, 0.4) is 0 Å². The summed E-state index contributed by atoms with van der Waals surface area (Å²) in [4.78, 5) is 14.1. The molecule has 0 fully saturated rings. The van der Waals surface area contributed by atoms with Gasteiger partial charge < -0.3 is 10.6 Å². The molecule has 0 saturated carbocycles. The van der Waals surface area contributed by atoms with Gasteiger partial charge in [-0.25, -0.2) is 0 Å². The molecule has 16 heavy (non-hydrogen) atoms. The standard InChI is InChI=1S/C11H18N4O/c1-14-11-9(8-13-14)10(16)4-2-6-15(11)7-3-5-12/h8H,2-7,12H2,1H3. The summed E-state index contributed by atoms with van der Waals surface area (Å²) in [5.74, 6) is 1.16. The number of anilines is 1. The van der Waals surface area contributed by atoms with Crippen molar-refractivity contribution < 1.29 is 4.79 Å². The fraction of sp³-hybridized carbons (Fsp3) is 0.636. The van der Waals surface area contributed by atoms with Gasteiger partial charge in [0.25, 0.3) is 0 Å². The zero-order valence-corrected chi connectivity index (χ0v) is 9.65. The van der Waals surface area contributed by atoms with E-state index in [1.165, 1.54) is 0 Å². The highest BCUT2D eigenvalue weighted by Crippen LogP contribution is 2.25. The number of aromatic nitrogens is 2. The van der Waals surface area contributed by atoms with Crippen molar-refractivity contribution in [3.05, 3.63) is 11.8 Å². The Hall–Kier alpha value is -1.36. The van der Waals surface area contributed by atoms with Crippen LogP contribution in [0.4, 0.5) is 5.82 Å². The van der Waals surface area contributed by atoms with Crippen LogP contribution in [0.15, 0.2) is 6.20 Å². The lowest BCUT2D eigenvalue weighted by Crippen LogP contribution is -2.28. The van der Waals surface area contributed by atoms with Crippen LogP contribution >= 0.6 is 0 Å². The van der Waals surface area contributed by atoms with Gasteiger partial charge in [0.05, 0.1) is 11.8 Å². The van der Waals surface area contributed by atoms with Crippen molar-refractivity contribution in [1.29, 1.82) is 0 Å². The second-order valence-electron chi connectivity index (χ2n) is 4.16. The molecule has 0 radical (unpaired) electrons. The highest BCUT2D eigenvalue weighted by molar-refractivity contribution is 6.01. The molecule has 2 rings (SSSR count). The Morgan fingerprint density at radius 2 is 2.38 bits per heavy atom. The van der Waals surface area contributed by atoms with E-state index in [1.54, 1.807) is 10.9 Å². The van der Waals surface area contributed by atoms with Gasteiger partial charge in [-0.1, -0.05) is 0 Å². The molecule has 0 saturated heterocycles. The molecule has 5 heteroatoms. The van der Waals surface area contributed by atoms with Crippen LogP contribution in [0, 0.1) is 0 Å². The average molecular weight is 222 g/mol. The summed E-state index contributed by atoms with van der Waals surface area (Å²) in [6.45, 7) is 2.49. The van der Waals surface area contributed by atoms with Gasteiger partial charge in [-0.2, -0.15) is 5.10 Å². The van der Waals surface area contributed by atoms with Crippen LogP contribution in [0.1, 0.15) is 29.6 Å². The number of ketones is 1. The monoisotopic (exact) mass is 222 g/mol. The number of aryl methyl sites for hydroxylation is 1. The van der Waals surface area contributed by atoms with E-state index in [4.69, 9.17) is 5.73 Å². The molecule has 0 spiro atoms. The first-order chi connectivity index (χ1) is 7.74. The van der Waals surface area contributed by atoms with Gasteiger partial charge in [0.1, 0.15) is 5.82 Å². The zero-order valence-electron chi connectivity index (χ0n) is 9.65. The van der Waals surface area contributed by atoms with E-state index >= 15 is 0 Å². The van der Waals surface area contributed by atoms with Crippen LogP contribution in [-0.2, 0) is 7.05 Å². The third kappa shape index (κ3) is 1.95. The van der Waals surface area contributed by atoms with Crippen LogP contribution in [0.2, 0.25) is 0 Å². The van der Waals surface area contributed by atoms with Crippen molar-refractivity contribution in [2.75, 3.05) is 24.5 Å². The Morgan fingerprint density at radius 1 is 1.56 bits per heavy atom. The fourth-order valence-electron chi connectivity index (χ4n) is 2.17. The SMILES string of the molecule is Cn1ncc2c1N(CCCN)CCCC2=O.